The van der Waals surface area contributed by atoms with Gasteiger partial charge in [0.1, 0.15) is 0 Å². The third-order valence-corrected chi connectivity index (χ3v) is 4.89. The molecule has 2 rings (SSSR count). The van der Waals surface area contributed by atoms with Gasteiger partial charge in [-0.25, -0.2) is 5.43 Å². The number of hydrogen-bond donors (Lipinski definition) is 1. The summed E-state index contributed by atoms with van der Waals surface area (Å²) in [6.07, 6.45) is 3.67. The van der Waals surface area contributed by atoms with Crippen LogP contribution in [0.4, 0.5) is 0 Å². The fraction of sp³-hybridized carbons (Fsp3) is 0.176. The first-order valence-electron chi connectivity index (χ1n) is 6.95. The molecule has 0 atom stereocenters. The summed E-state index contributed by atoms with van der Waals surface area (Å²) in [4.78, 5) is 12.9. The van der Waals surface area contributed by atoms with Gasteiger partial charge in [0.25, 0.3) is 0 Å². The summed E-state index contributed by atoms with van der Waals surface area (Å²) in [5, 5.41) is 4.68. The van der Waals surface area contributed by atoms with Crippen LogP contribution in [0.2, 0.25) is 5.02 Å². The van der Waals surface area contributed by atoms with Crippen LogP contribution in [0.3, 0.4) is 0 Å². The van der Waals surface area contributed by atoms with E-state index >= 15 is 0 Å². The van der Waals surface area contributed by atoms with Gasteiger partial charge in [0, 0.05) is 15.7 Å². The Kier molecular flexibility index (Phi) is 7.52. The summed E-state index contributed by atoms with van der Waals surface area (Å²) >= 11 is 9.14. The number of thioether (sulfide) groups is 2. The van der Waals surface area contributed by atoms with Crippen LogP contribution in [0.25, 0.3) is 0 Å². The van der Waals surface area contributed by atoms with Crippen molar-refractivity contribution in [2.45, 2.75) is 10.6 Å². The highest BCUT2D eigenvalue weighted by Gasteiger charge is 2.01. The van der Waals surface area contributed by atoms with Gasteiger partial charge in [0.2, 0.25) is 5.91 Å². The number of amides is 1. The minimum Gasteiger partial charge on any atom is -0.272 e. The second kappa shape index (κ2) is 9.65. The lowest BCUT2D eigenvalue weighted by Gasteiger charge is -2.02. The molecule has 0 unspecified atom stereocenters. The van der Waals surface area contributed by atoms with Gasteiger partial charge in [-0.05, 0) is 41.6 Å². The number of hydrazone groups is 1. The number of rotatable bonds is 7. The molecule has 0 aromatic heterocycles. The predicted octanol–water partition coefficient (Wildman–Crippen LogP) is 4.45. The van der Waals surface area contributed by atoms with Crippen LogP contribution in [0.5, 0.6) is 0 Å². The Morgan fingerprint density at radius 2 is 2.04 bits per heavy atom. The zero-order chi connectivity index (χ0) is 16.5. The molecular weight excluding hydrogens is 348 g/mol. The van der Waals surface area contributed by atoms with Crippen molar-refractivity contribution in [2.24, 2.45) is 5.10 Å². The summed E-state index contributed by atoms with van der Waals surface area (Å²) in [6.45, 7) is 0. The average Bonchev–Trinajstić information content (AvgIpc) is 2.55. The molecule has 0 aliphatic heterocycles. The normalized spacial score (nSPS) is 10.9. The molecule has 0 radical (unpaired) electrons. The average molecular weight is 365 g/mol. The Labute approximate surface area is 149 Å². The predicted molar refractivity (Wildman–Crippen MR) is 102 cm³/mol. The van der Waals surface area contributed by atoms with Crippen LogP contribution in [-0.4, -0.2) is 24.1 Å². The number of carbonyl (C=O) groups is 1. The molecule has 0 aliphatic carbocycles. The third kappa shape index (κ3) is 6.69. The Hall–Kier alpha value is -1.43. The minimum atomic E-state index is -0.117. The van der Waals surface area contributed by atoms with Crippen LogP contribution in [0.1, 0.15) is 11.1 Å². The molecule has 1 N–H and O–H groups in total. The van der Waals surface area contributed by atoms with E-state index < -0.39 is 0 Å². The fourth-order valence-electron chi connectivity index (χ4n) is 1.79. The molecule has 0 saturated carbocycles. The molecule has 2 aromatic carbocycles. The molecule has 0 heterocycles. The van der Waals surface area contributed by atoms with Crippen molar-refractivity contribution in [1.29, 1.82) is 0 Å². The number of carbonyl (C=O) groups excluding carboxylic acids is 1. The molecule has 23 heavy (non-hydrogen) atoms. The summed E-state index contributed by atoms with van der Waals surface area (Å²) in [6, 6.07) is 15.6. The van der Waals surface area contributed by atoms with Gasteiger partial charge in [-0.3, -0.25) is 4.79 Å². The van der Waals surface area contributed by atoms with Crippen LogP contribution < -0.4 is 5.43 Å². The zero-order valence-corrected chi connectivity index (χ0v) is 15.0. The first-order valence-corrected chi connectivity index (χ1v) is 9.71. The first kappa shape index (κ1) is 17.9. The topological polar surface area (TPSA) is 41.5 Å². The van der Waals surface area contributed by atoms with Crippen molar-refractivity contribution >= 4 is 47.2 Å². The molecule has 1 amide bonds. The van der Waals surface area contributed by atoms with E-state index in [2.05, 4.69) is 10.5 Å². The van der Waals surface area contributed by atoms with Gasteiger partial charge in [-0.1, -0.05) is 35.9 Å². The molecule has 0 saturated heterocycles. The van der Waals surface area contributed by atoms with Crippen LogP contribution in [0.15, 0.2) is 58.5 Å². The van der Waals surface area contributed by atoms with Crippen molar-refractivity contribution in [2.75, 3.05) is 12.0 Å². The summed E-state index contributed by atoms with van der Waals surface area (Å²) < 4.78 is 0. The van der Waals surface area contributed by atoms with Crippen molar-refractivity contribution in [3.05, 3.63) is 64.7 Å². The second-order valence-electron chi connectivity index (χ2n) is 4.69. The fourth-order valence-corrected chi connectivity index (χ4v) is 3.18. The highest BCUT2D eigenvalue weighted by atomic mass is 35.5. The number of nitrogens with zero attached hydrogens (tertiary/aromatic N) is 1. The van der Waals surface area contributed by atoms with E-state index in [1.54, 1.807) is 18.0 Å². The highest BCUT2D eigenvalue weighted by molar-refractivity contribution is 7.99. The highest BCUT2D eigenvalue weighted by Crippen LogP contribution is 2.16. The monoisotopic (exact) mass is 364 g/mol. The first-order chi connectivity index (χ1) is 11.2. The maximum atomic E-state index is 11.7. The lowest BCUT2D eigenvalue weighted by molar-refractivity contribution is -0.118. The van der Waals surface area contributed by atoms with E-state index in [1.807, 2.05) is 54.8 Å². The molecule has 0 spiro atoms. The van der Waals surface area contributed by atoms with Gasteiger partial charge in [0.15, 0.2) is 0 Å². The SMILES string of the molecule is CSc1ccc(/C=N/NC(=O)CSCc2cccc(Cl)c2)cc1. The number of nitrogens with one attached hydrogen (secondary N) is 1. The van der Waals surface area contributed by atoms with Crippen molar-refractivity contribution < 1.29 is 4.79 Å². The van der Waals surface area contributed by atoms with Gasteiger partial charge < -0.3 is 0 Å². The second-order valence-corrected chi connectivity index (χ2v) is 6.99. The zero-order valence-electron chi connectivity index (χ0n) is 12.7. The Morgan fingerprint density at radius 1 is 1.26 bits per heavy atom. The summed E-state index contributed by atoms with van der Waals surface area (Å²) in [5.74, 6) is 0.984. The smallest absolute Gasteiger partial charge is 0.250 e. The minimum absolute atomic E-state index is 0.117. The van der Waals surface area contributed by atoms with Gasteiger partial charge in [-0.2, -0.15) is 5.10 Å². The molecule has 0 bridgehead atoms. The van der Waals surface area contributed by atoms with Crippen LogP contribution in [-0.2, 0) is 10.5 Å². The van der Waals surface area contributed by atoms with Crippen molar-refractivity contribution in [3.63, 3.8) is 0 Å². The maximum Gasteiger partial charge on any atom is 0.250 e. The van der Waals surface area contributed by atoms with E-state index in [9.17, 15) is 4.79 Å². The number of halogens is 1. The summed E-state index contributed by atoms with van der Waals surface area (Å²) in [7, 11) is 0. The van der Waals surface area contributed by atoms with Gasteiger partial charge in [0.05, 0.1) is 12.0 Å². The largest absolute Gasteiger partial charge is 0.272 e. The van der Waals surface area contributed by atoms with Crippen molar-refractivity contribution in [3.8, 4) is 0 Å². The quantitative estimate of drug-likeness (QED) is 0.448. The lowest BCUT2D eigenvalue weighted by atomic mass is 10.2. The molecule has 2 aromatic rings. The Bertz CT molecular complexity index is 675. The standard InChI is InChI=1S/C17H17ClN2OS2/c1-22-16-7-5-13(6-8-16)10-19-20-17(21)12-23-11-14-3-2-4-15(18)9-14/h2-10H,11-12H2,1H3,(H,20,21)/b19-10+. The molecule has 120 valence electrons. The van der Waals surface area contributed by atoms with Crippen molar-refractivity contribution in [1.82, 2.24) is 5.43 Å². The van der Waals surface area contributed by atoms with E-state index in [0.29, 0.717) is 10.8 Å². The molecule has 0 fully saturated rings. The molecule has 6 heteroatoms. The number of benzene rings is 2. The van der Waals surface area contributed by atoms with Crippen LogP contribution >= 0.6 is 35.1 Å². The molecule has 0 aliphatic rings. The van der Waals surface area contributed by atoms with E-state index in [-0.39, 0.29) is 5.91 Å². The third-order valence-electron chi connectivity index (χ3n) is 2.91. The van der Waals surface area contributed by atoms with Gasteiger partial charge in [-0.15, -0.1) is 23.5 Å². The number of hydrogen-bond acceptors (Lipinski definition) is 4. The Balaban J connectivity index is 1.71. The summed E-state index contributed by atoms with van der Waals surface area (Å²) in [5.41, 5.74) is 4.59. The Morgan fingerprint density at radius 3 is 2.74 bits per heavy atom. The van der Waals surface area contributed by atoms with Crippen LogP contribution in [0, 0.1) is 0 Å². The van der Waals surface area contributed by atoms with Gasteiger partial charge >= 0.3 is 0 Å². The molecular formula is C17H17ClN2OS2. The van der Waals surface area contributed by atoms with E-state index in [4.69, 9.17) is 11.6 Å². The van der Waals surface area contributed by atoms with E-state index in [0.717, 1.165) is 16.9 Å². The van der Waals surface area contributed by atoms with E-state index in [1.165, 1.54) is 16.7 Å². The lowest BCUT2D eigenvalue weighted by Crippen LogP contribution is -2.19. The molecule has 3 nitrogen and oxygen atoms in total. The maximum absolute atomic E-state index is 11.7.